The van der Waals surface area contributed by atoms with Crippen LogP contribution in [0.25, 0.3) is 76.8 Å². The normalized spacial score (nSPS) is 9.73. The van der Waals surface area contributed by atoms with Gasteiger partial charge in [-0.3, -0.25) is 0 Å². The Balaban J connectivity index is 0.000000675. The molecule has 0 unspecified atom stereocenters. The maximum Gasteiger partial charge on any atom is -0.00201 e. The number of hydrogen-bond donors (Lipinski definition) is 0. The predicted molar refractivity (Wildman–Crippen MR) is 237 cm³/mol. The topological polar surface area (TPSA) is 0 Å². The Kier molecular flexibility index (Phi) is 17.1. The van der Waals surface area contributed by atoms with E-state index < -0.39 is 0 Å². The van der Waals surface area contributed by atoms with Crippen LogP contribution in [0.15, 0.2) is 170 Å². The molecule has 0 heterocycles. The molecular weight excluding hydrogens is 625 g/mol. The summed E-state index contributed by atoms with van der Waals surface area (Å²) in [7, 11) is 0. The van der Waals surface area contributed by atoms with E-state index in [-0.39, 0.29) is 0 Å². The second-order valence-corrected chi connectivity index (χ2v) is 10.9. The summed E-state index contributed by atoms with van der Waals surface area (Å²) >= 11 is 0. The summed E-state index contributed by atoms with van der Waals surface area (Å²) in [6.45, 7) is 20.0. The standard InChI is InChI=1S/C42H28.5C2H6/c1-3-14-29(15-4-1)32-26-33(30-16-5-2-6-17-30)28-34(27-32)41-37-21-9-11-23-39(37)42(40-24-12-10-22-38(40)41)36-25-13-19-31-18-7-8-20-35(31)36;5*1-2/h1-28H;5*1-2H3. The highest BCUT2D eigenvalue weighted by Crippen LogP contribution is 2.46. The first-order chi connectivity index (χ1) is 25.8. The van der Waals surface area contributed by atoms with Gasteiger partial charge in [-0.25, -0.2) is 0 Å². The molecule has 0 amide bonds. The highest BCUT2D eigenvalue weighted by molar-refractivity contribution is 6.23. The zero-order valence-electron chi connectivity index (χ0n) is 33.2. The summed E-state index contributed by atoms with van der Waals surface area (Å²) in [6, 6.07) is 61.8. The van der Waals surface area contributed by atoms with Crippen molar-refractivity contribution in [3.63, 3.8) is 0 Å². The van der Waals surface area contributed by atoms with Gasteiger partial charge in [-0.2, -0.15) is 0 Å². The number of hydrogen-bond acceptors (Lipinski definition) is 0. The molecule has 8 rings (SSSR count). The third kappa shape index (κ3) is 8.87. The van der Waals surface area contributed by atoms with E-state index in [0.717, 1.165) is 0 Å². The molecule has 8 aromatic carbocycles. The van der Waals surface area contributed by atoms with Crippen LogP contribution in [0.4, 0.5) is 0 Å². The number of benzene rings is 8. The molecule has 0 fully saturated rings. The molecule has 0 bridgehead atoms. The molecule has 0 saturated carbocycles. The molecule has 0 aliphatic heterocycles. The summed E-state index contributed by atoms with van der Waals surface area (Å²) in [5.41, 5.74) is 9.96. The van der Waals surface area contributed by atoms with Gasteiger partial charge in [-0.1, -0.05) is 221 Å². The van der Waals surface area contributed by atoms with Crippen LogP contribution in [-0.2, 0) is 0 Å². The highest BCUT2D eigenvalue weighted by atomic mass is 14.2. The van der Waals surface area contributed by atoms with Gasteiger partial charge in [0.05, 0.1) is 0 Å². The van der Waals surface area contributed by atoms with Crippen molar-refractivity contribution in [2.24, 2.45) is 0 Å². The maximum atomic E-state index is 2.37. The van der Waals surface area contributed by atoms with Crippen molar-refractivity contribution >= 4 is 32.3 Å². The quantitative estimate of drug-likeness (QED) is 0.162. The van der Waals surface area contributed by atoms with Gasteiger partial charge in [-0.05, 0) is 95.0 Å². The van der Waals surface area contributed by atoms with E-state index in [0.29, 0.717) is 0 Å². The third-order valence-electron chi connectivity index (χ3n) is 8.43. The lowest BCUT2D eigenvalue weighted by Crippen LogP contribution is -1.92. The van der Waals surface area contributed by atoms with Gasteiger partial charge in [-0.15, -0.1) is 0 Å². The largest absolute Gasteiger partial charge is 0.0683 e. The Bertz CT molecular complexity index is 2100. The van der Waals surface area contributed by atoms with E-state index in [9.17, 15) is 0 Å². The molecule has 0 spiro atoms. The van der Waals surface area contributed by atoms with Crippen LogP contribution in [0, 0.1) is 0 Å². The van der Waals surface area contributed by atoms with Gasteiger partial charge in [0.25, 0.3) is 0 Å². The fraction of sp³-hybridized carbons (Fsp3) is 0.192. The summed E-state index contributed by atoms with van der Waals surface area (Å²) in [5, 5.41) is 7.62. The minimum Gasteiger partial charge on any atom is -0.0683 e. The second kappa shape index (κ2) is 21.7. The predicted octanol–water partition coefficient (Wildman–Crippen LogP) is 16.9. The Morgan fingerprint density at radius 3 is 1.00 bits per heavy atom. The Morgan fingerprint density at radius 1 is 0.231 bits per heavy atom. The average molecular weight is 683 g/mol. The Morgan fingerprint density at radius 2 is 0.558 bits per heavy atom. The van der Waals surface area contributed by atoms with Gasteiger partial charge in [0.2, 0.25) is 0 Å². The molecule has 0 aromatic heterocycles. The van der Waals surface area contributed by atoms with E-state index in [1.54, 1.807) is 0 Å². The molecule has 0 N–H and O–H groups in total. The number of fused-ring (bicyclic) bond motifs is 3. The van der Waals surface area contributed by atoms with Crippen molar-refractivity contribution in [3.8, 4) is 44.5 Å². The van der Waals surface area contributed by atoms with E-state index in [1.165, 1.54) is 76.8 Å². The Labute approximate surface area is 314 Å². The van der Waals surface area contributed by atoms with Crippen molar-refractivity contribution < 1.29 is 0 Å². The smallest absolute Gasteiger partial charge is 0.00201 e. The zero-order chi connectivity index (χ0) is 37.9. The van der Waals surface area contributed by atoms with Crippen LogP contribution in [0.3, 0.4) is 0 Å². The first-order valence-corrected chi connectivity index (χ1v) is 19.5. The molecule has 0 atom stereocenters. The summed E-state index contributed by atoms with van der Waals surface area (Å²) in [4.78, 5) is 0. The van der Waals surface area contributed by atoms with Gasteiger partial charge in [0, 0.05) is 0 Å². The lowest BCUT2D eigenvalue weighted by molar-refractivity contribution is 1.50. The van der Waals surface area contributed by atoms with E-state index in [2.05, 4.69) is 170 Å². The molecule has 0 radical (unpaired) electrons. The van der Waals surface area contributed by atoms with Crippen LogP contribution in [0.5, 0.6) is 0 Å². The lowest BCUT2D eigenvalue weighted by atomic mass is 9.83. The molecular formula is C52H58. The SMILES string of the molecule is CC.CC.CC.CC.CC.c1ccc(-c2cc(-c3ccccc3)cc(-c3c4ccccc4c(-c4cccc5ccccc45)c4ccccc34)c2)cc1. The monoisotopic (exact) mass is 682 g/mol. The van der Waals surface area contributed by atoms with Crippen molar-refractivity contribution in [1.29, 1.82) is 0 Å². The first-order valence-electron chi connectivity index (χ1n) is 19.5. The molecule has 0 heteroatoms. The van der Waals surface area contributed by atoms with E-state index >= 15 is 0 Å². The van der Waals surface area contributed by atoms with Gasteiger partial charge in [0.1, 0.15) is 0 Å². The van der Waals surface area contributed by atoms with Gasteiger partial charge < -0.3 is 0 Å². The van der Waals surface area contributed by atoms with Crippen molar-refractivity contribution in [2.75, 3.05) is 0 Å². The molecule has 8 aromatic rings. The van der Waals surface area contributed by atoms with Gasteiger partial charge in [0.15, 0.2) is 0 Å². The van der Waals surface area contributed by atoms with Crippen LogP contribution < -0.4 is 0 Å². The fourth-order valence-electron chi connectivity index (χ4n) is 6.54. The minimum absolute atomic E-state index is 1.22. The summed E-state index contributed by atoms with van der Waals surface area (Å²) < 4.78 is 0. The van der Waals surface area contributed by atoms with Gasteiger partial charge >= 0.3 is 0 Å². The van der Waals surface area contributed by atoms with E-state index in [4.69, 9.17) is 0 Å². The minimum atomic E-state index is 1.22. The third-order valence-corrected chi connectivity index (χ3v) is 8.43. The molecule has 52 heavy (non-hydrogen) atoms. The lowest BCUT2D eigenvalue weighted by Gasteiger charge is -2.20. The highest BCUT2D eigenvalue weighted by Gasteiger charge is 2.19. The van der Waals surface area contributed by atoms with Crippen LogP contribution in [0.1, 0.15) is 69.2 Å². The Hall–Kier alpha value is -5.46. The second-order valence-electron chi connectivity index (χ2n) is 10.9. The number of rotatable bonds is 4. The average Bonchev–Trinajstić information content (AvgIpc) is 3.26. The fourth-order valence-corrected chi connectivity index (χ4v) is 6.54. The molecule has 0 saturated heterocycles. The van der Waals surface area contributed by atoms with Crippen LogP contribution >= 0.6 is 0 Å². The zero-order valence-corrected chi connectivity index (χ0v) is 33.2. The van der Waals surface area contributed by atoms with Crippen LogP contribution in [0.2, 0.25) is 0 Å². The molecule has 266 valence electrons. The molecule has 0 nitrogen and oxygen atoms in total. The van der Waals surface area contributed by atoms with E-state index in [1.807, 2.05) is 69.2 Å². The maximum absolute atomic E-state index is 2.37. The first kappa shape index (κ1) is 41.0. The molecule has 0 aliphatic carbocycles. The van der Waals surface area contributed by atoms with Crippen molar-refractivity contribution in [3.05, 3.63) is 170 Å². The molecule has 0 aliphatic rings. The van der Waals surface area contributed by atoms with Crippen molar-refractivity contribution in [2.45, 2.75) is 69.2 Å². The summed E-state index contributed by atoms with van der Waals surface area (Å²) in [5.74, 6) is 0. The van der Waals surface area contributed by atoms with Crippen LogP contribution in [-0.4, -0.2) is 0 Å². The summed E-state index contributed by atoms with van der Waals surface area (Å²) in [6.07, 6.45) is 0. The van der Waals surface area contributed by atoms with Crippen molar-refractivity contribution in [1.82, 2.24) is 0 Å².